The molecule has 1 amide bonds. The van der Waals surface area contributed by atoms with Gasteiger partial charge in [-0.05, 0) is 12.1 Å². The van der Waals surface area contributed by atoms with Crippen molar-refractivity contribution in [3.8, 4) is 0 Å². The summed E-state index contributed by atoms with van der Waals surface area (Å²) in [6, 6.07) is 2.77. The number of carbonyl (C=O) groups is 1. The lowest BCUT2D eigenvalue weighted by Gasteiger charge is -2.06. The van der Waals surface area contributed by atoms with E-state index >= 15 is 0 Å². The average Bonchev–Trinajstić information content (AvgIpc) is 2.53. The van der Waals surface area contributed by atoms with Gasteiger partial charge in [-0.2, -0.15) is 0 Å². The molecule has 1 rings (SSSR count). The maximum atomic E-state index is 10.8. The molecule has 5 heteroatoms. The van der Waals surface area contributed by atoms with E-state index in [9.17, 15) is 4.79 Å². The molecule has 1 heterocycles. The number of hydrogen-bond donors (Lipinski definition) is 4. The standard InChI is InChI=1S/C6H10N4O/c7-5(6(11)10-8)4-2-1-3-9-4/h1-3,5,9H,7-8H2,(H,10,11). The lowest BCUT2D eigenvalue weighted by Crippen LogP contribution is -2.38. The van der Waals surface area contributed by atoms with Gasteiger partial charge in [-0.3, -0.25) is 10.2 Å². The van der Waals surface area contributed by atoms with Gasteiger partial charge >= 0.3 is 0 Å². The SMILES string of the molecule is NNC(=O)C(N)c1ccc[nH]1. The summed E-state index contributed by atoms with van der Waals surface area (Å²) >= 11 is 0. The first-order chi connectivity index (χ1) is 5.25. The Morgan fingerprint density at radius 3 is 2.91 bits per heavy atom. The minimum Gasteiger partial charge on any atom is -0.363 e. The number of hydrogen-bond acceptors (Lipinski definition) is 3. The first kappa shape index (κ1) is 7.77. The highest BCUT2D eigenvalue weighted by Crippen LogP contribution is 2.05. The summed E-state index contributed by atoms with van der Waals surface area (Å²) in [4.78, 5) is 13.6. The highest BCUT2D eigenvalue weighted by atomic mass is 16.2. The minimum absolute atomic E-state index is 0.410. The Kier molecular flexibility index (Phi) is 2.25. The van der Waals surface area contributed by atoms with Crippen molar-refractivity contribution in [1.29, 1.82) is 0 Å². The lowest BCUT2D eigenvalue weighted by molar-refractivity contribution is -0.122. The molecule has 0 aromatic carbocycles. The van der Waals surface area contributed by atoms with Gasteiger partial charge in [0.2, 0.25) is 0 Å². The highest BCUT2D eigenvalue weighted by molar-refractivity contribution is 5.81. The molecule has 11 heavy (non-hydrogen) atoms. The third-order valence-corrected chi connectivity index (χ3v) is 1.38. The van der Waals surface area contributed by atoms with Crippen molar-refractivity contribution in [2.45, 2.75) is 6.04 Å². The van der Waals surface area contributed by atoms with Crippen LogP contribution in [0, 0.1) is 0 Å². The summed E-state index contributed by atoms with van der Waals surface area (Å²) in [5.74, 6) is 4.48. The molecular formula is C6H10N4O. The van der Waals surface area contributed by atoms with Gasteiger partial charge in [0.15, 0.2) is 0 Å². The van der Waals surface area contributed by atoms with Gasteiger partial charge in [0.1, 0.15) is 6.04 Å². The van der Waals surface area contributed by atoms with E-state index in [0.29, 0.717) is 5.69 Å². The Morgan fingerprint density at radius 2 is 2.45 bits per heavy atom. The zero-order valence-corrected chi connectivity index (χ0v) is 5.87. The molecule has 0 fully saturated rings. The third kappa shape index (κ3) is 1.57. The molecule has 60 valence electrons. The van der Waals surface area contributed by atoms with E-state index < -0.39 is 11.9 Å². The first-order valence-electron chi connectivity index (χ1n) is 3.15. The normalized spacial score (nSPS) is 12.5. The molecule has 1 unspecified atom stereocenters. The predicted octanol–water partition coefficient (Wildman–Crippen LogP) is -0.996. The van der Waals surface area contributed by atoms with Crippen LogP contribution in [-0.4, -0.2) is 10.9 Å². The average molecular weight is 154 g/mol. The van der Waals surface area contributed by atoms with Gasteiger partial charge in [-0.1, -0.05) is 0 Å². The molecule has 1 aromatic rings. The van der Waals surface area contributed by atoms with Crippen LogP contribution in [-0.2, 0) is 4.79 Å². The van der Waals surface area contributed by atoms with E-state index in [2.05, 4.69) is 4.98 Å². The van der Waals surface area contributed by atoms with Crippen molar-refractivity contribution in [3.63, 3.8) is 0 Å². The van der Waals surface area contributed by atoms with Gasteiger partial charge in [0.25, 0.3) is 5.91 Å². The third-order valence-electron chi connectivity index (χ3n) is 1.38. The van der Waals surface area contributed by atoms with Crippen LogP contribution in [0.4, 0.5) is 0 Å². The van der Waals surface area contributed by atoms with Crippen molar-refractivity contribution in [2.24, 2.45) is 11.6 Å². The number of nitrogens with one attached hydrogen (secondary N) is 2. The van der Waals surface area contributed by atoms with Crippen LogP contribution in [0.15, 0.2) is 18.3 Å². The number of hydrazine groups is 1. The lowest BCUT2D eigenvalue weighted by atomic mass is 10.2. The van der Waals surface area contributed by atoms with E-state index in [1.165, 1.54) is 0 Å². The van der Waals surface area contributed by atoms with Crippen LogP contribution >= 0.6 is 0 Å². The molecular weight excluding hydrogens is 144 g/mol. The Bertz CT molecular complexity index is 231. The second-order valence-electron chi connectivity index (χ2n) is 2.11. The fraction of sp³-hybridized carbons (Fsp3) is 0.167. The van der Waals surface area contributed by atoms with Gasteiger partial charge in [-0.25, -0.2) is 5.84 Å². The van der Waals surface area contributed by atoms with Gasteiger partial charge in [-0.15, -0.1) is 0 Å². The van der Waals surface area contributed by atoms with Crippen LogP contribution in [0.2, 0.25) is 0 Å². The van der Waals surface area contributed by atoms with Crippen molar-refractivity contribution >= 4 is 5.91 Å². The number of aromatic amines is 1. The molecule has 0 bridgehead atoms. The largest absolute Gasteiger partial charge is 0.363 e. The summed E-state index contributed by atoms with van der Waals surface area (Å²) in [5, 5.41) is 0. The number of rotatable bonds is 2. The summed E-state index contributed by atoms with van der Waals surface area (Å²) in [6.07, 6.45) is 1.69. The molecule has 0 aliphatic rings. The molecule has 0 saturated carbocycles. The second kappa shape index (κ2) is 3.18. The molecule has 0 spiro atoms. The van der Waals surface area contributed by atoms with Gasteiger partial charge in [0, 0.05) is 11.9 Å². The van der Waals surface area contributed by atoms with E-state index in [-0.39, 0.29) is 0 Å². The van der Waals surface area contributed by atoms with Crippen molar-refractivity contribution in [2.75, 3.05) is 0 Å². The minimum atomic E-state index is -0.713. The molecule has 1 atom stereocenters. The number of amides is 1. The van der Waals surface area contributed by atoms with Crippen LogP contribution in [0.5, 0.6) is 0 Å². The predicted molar refractivity (Wildman–Crippen MR) is 40.1 cm³/mol. The maximum Gasteiger partial charge on any atom is 0.256 e. The summed E-state index contributed by atoms with van der Waals surface area (Å²) < 4.78 is 0. The second-order valence-corrected chi connectivity index (χ2v) is 2.11. The fourth-order valence-corrected chi connectivity index (χ4v) is 0.769. The summed E-state index contributed by atoms with van der Waals surface area (Å²) in [7, 11) is 0. The van der Waals surface area contributed by atoms with Gasteiger partial charge in [0.05, 0.1) is 0 Å². The van der Waals surface area contributed by atoms with Crippen molar-refractivity contribution < 1.29 is 4.79 Å². The maximum absolute atomic E-state index is 10.8. The van der Waals surface area contributed by atoms with Crippen LogP contribution in [0.1, 0.15) is 11.7 Å². The smallest absolute Gasteiger partial charge is 0.256 e. The Hall–Kier alpha value is -1.33. The topological polar surface area (TPSA) is 96.9 Å². The number of carbonyl (C=O) groups excluding carboxylic acids is 1. The Morgan fingerprint density at radius 1 is 1.73 bits per heavy atom. The molecule has 0 aliphatic carbocycles. The van der Waals surface area contributed by atoms with Crippen molar-refractivity contribution in [3.05, 3.63) is 24.0 Å². The molecule has 0 aliphatic heterocycles. The van der Waals surface area contributed by atoms with Crippen LogP contribution in [0.3, 0.4) is 0 Å². The van der Waals surface area contributed by atoms with E-state index in [4.69, 9.17) is 11.6 Å². The zero-order valence-electron chi connectivity index (χ0n) is 5.87. The number of aromatic nitrogens is 1. The molecule has 1 aromatic heterocycles. The van der Waals surface area contributed by atoms with E-state index in [0.717, 1.165) is 0 Å². The summed E-state index contributed by atoms with van der Waals surface area (Å²) in [6.45, 7) is 0. The Labute approximate surface area is 63.7 Å². The quantitative estimate of drug-likeness (QED) is 0.250. The molecule has 5 nitrogen and oxygen atoms in total. The number of H-pyrrole nitrogens is 1. The molecule has 6 N–H and O–H groups in total. The van der Waals surface area contributed by atoms with E-state index in [1.807, 2.05) is 5.43 Å². The monoisotopic (exact) mass is 154 g/mol. The Balaban J connectivity index is 2.70. The van der Waals surface area contributed by atoms with Crippen LogP contribution in [0.25, 0.3) is 0 Å². The van der Waals surface area contributed by atoms with Crippen molar-refractivity contribution in [1.82, 2.24) is 10.4 Å². The van der Waals surface area contributed by atoms with Gasteiger partial charge < -0.3 is 10.7 Å². The first-order valence-corrected chi connectivity index (χ1v) is 3.15. The number of nitrogens with two attached hydrogens (primary N) is 2. The highest BCUT2D eigenvalue weighted by Gasteiger charge is 2.13. The molecule has 0 saturated heterocycles. The molecule has 0 radical (unpaired) electrons. The zero-order chi connectivity index (χ0) is 8.27. The fourth-order valence-electron chi connectivity index (χ4n) is 0.769. The van der Waals surface area contributed by atoms with Crippen LogP contribution < -0.4 is 17.0 Å². The van der Waals surface area contributed by atoms with E-state index in [1.54, 1.807) is 18.3 Å². The summed E-state index contributed by atoms with van der Waals surface area (Å²) in [5.41, 5.74) is 8.09.